The minimum Gasteiger partial charge on any atom is -0.379 e. The summed E-state index contributed by atoms with van der Waals surface area (Å²) in [6.45, 7) is 5.17. The molecule has 35 heavy (non-hydrogen) atoms. The third-order valence-electron chi connectivity index (χ3n) is 6.60. The van der Waals surface area contributed by atoms with Crippen LogP contribution in [0.2, 0.25) is 0 Å². The molecule has 4 aromatic rings. The van der Waals surface area contributed by atoms with E-state index in [0.717, 1.165) is 17.4 Å². The van der Waals surface area contributed by atoms with Crippen LogP contribution < -0.4 is 10.6 Å². The van der Waals surface area contributed by atoms with Crippen molar-refractivity contribution in [1.82, 2.24) is 24.7 Å². The monoisotopic (exact) mass is 473 g/mol. The van der Waals surface area contributed by atoms with Gasteiger partial charge in [-0.2, -0.15) is 5.10 Å². The number of anilines is 2. The lowest BCUT2D eigenvalue weighted by molar-refractivity contribution is -0.119. The van der Waals surface area contributed by atoms with Gasteiger partial charge in [0.2, 0.25) is 5.91 Å². The fraction of sp³-hybridized carbons (Fsp3) is 0.320. The second kappa shape index (κ2) is 8.09. The molecule has 1 fully saturated rings. The molecule has 10 heteroatoms. The van der Waals surface area contributed by atoms with E-state index in [2.05, 4.69) is 15.6 Å². The predicted octanol–water partition coefficient (Wildman–Crippen LogP) is 3.51. The van der Waals surface area contributed by atoms with Crippen molar-refractivity contribution in [2.45, 2.75) is 38.3 Å². The first-order valence-corrected chi connectivity index (χ1v) is 11.6. The molecule has 2 N–H and O–H groups in total. The van der Waals surface area contributed by atoms with E-state index >= 15 is 0 Å². The summed E-state index contributed by atoms with van der Waals surface area (Å²) in [5.41, 5.74) is 1.55. The van der Waals surface area contributed by atoms with Crippen LogP contribution in [0.15, 0.2) is 42.6 Å². The van der Waals surface area contributed by atoms with Gasteiger partial charge in [-0.1, -0.05) is 18.2 Å². The number of aromatic nitrogens is 5. The van der Waals surface area contributed by atoms with Crippen LogP contribution in [0.3, 0.4) is 0 Å². The first kappa shape index (κ1) is 21.6. The van der Waals surface area contributed by atoms with Gasteiger partial charge in [0, 0.05) is 18.4 Å². The second-order valence-electron chi connectivity index (χ2n) is 9.38. The number of nitrogens with zero attached hydrogens (tertiary/aromatic N) is 5. The van der Waals surface area contributed by atoms with Gasteiger partial charge in [0.05, 0.1) is 35.6 Å². The Morgan fingerprint density at radius 3 is 2.89 bits per heavy atom. The number of halogens is 1. The van der Waals surface area contributed by atoms with Crippen molar-refractivity contribution >= 4 is 28.6 Å². The second-order valence-corrected chi connectivity index (χ2v) is 9.38. The van der Waals surface area contributed by atoms with Gasteiger partial charge >= 0.3 is 0 Å². The molecule has 1 aromatic carbocycles. The summed E-state index contributed by atoms with van der Waals surface area (Å²) in [4.78, 5) is 26.8. The van der Waals surface area contributed by atoms with Crippen molar-refractivity contribution in [3.8, 4) is 11.5 Å². The highest BCUT2D eigenvalue weighted by Crippen LogP contribution is 2.42. The van der Waals surface area contributed by atoms with Crippen molar-refractivity contribution in [2.75, 3.05) is 23.8 Å². The summed E-state index contributed by atoms with van der Waals surface area (Å²) < 4.78 is 21.5. The number of rotatable bonds is 5. The number of carbonyl (C=O) groups excluding carboxylic acids is 1. The quantitative estimate of drug-likeness (QED) is 0.457. The number of amides is 1. The number of pyridine rings is 1. The Labute approximate surface area is 200 Å². The molecule has 5 heterocycles. The van der Waals surface area contributed by atoms with Gasteiger partial charge in [-0.05, 0) is 38.5 Å². The largest absolute Gasteiger partial charge is 0.379 e. The molecule has 1 atom stereocenters. The average molecular weight is 474 g/mol. The summed E-state index contributed by atoms with van der Waals surface area (Å²) in [6.07, 6.45) is 2.52. The number of fused-ring (bicyclic) bond motifs is 2. The summed E-state index contributed by atoms with van der Waals surface area (Å²) >= 11 is 0. The lowest BCUT2D eigenvalue weighted by atomic mass is 9.87. The number of benzene rings is 1. The van der Waals surface area contributed by atoms with Crippen molar-refractivity contribution in [2.24, 2.45) is 0 Å². The molecule has 1 amide bonds. The highest BCUT2D eigenvalue weighted by Gasteiger charge is 2.43. The van der Waals surface area contributed by atoms with Gasteiger partial charge in [0.15, 0.2) is 11.5 Å². The smallest absolute Gasteiger partial charge is 0.235 e. The fourth-order valence-electron chi connectivity index (χ4n) is 4.65. The predicted molar refractivity (Wildman–Crippen MR) is 129 cm³/mol. The fourth-order valence-corrected chi connectivity index (χ4v) is 4.65. The van der Waals surface area contributed by atoms with Crippen LogP contribution in [-0.2, 0) is 21.5 Å². The molecule has 2 aliphatic heterocycles. The maximum Gasteiger partial charge on any atom is 0.235 e. The van der Waals surface area contributed by atoms with E-state index in [4.69, 9.17) is 19.8 Å². The number of ether oxygens (including phenoxy) is 1. The maximum absolute atomic E-state index is 14.4. The zero-order valence-corrected chi connectivity index (χ0v) is 19.4. The van der Waals surface area contributed by atoms with Gasteiger partial charge in [-0.3, -0.25) is 4.79 Å². The van der Waals surface area contributed by atoms with Gasteiger partial charge < -0.3 is 15.4 Å². The molecule has 0 saturated carbocycles. The summed E-state index contributed by atoms with van der Waals surface area (Å²) in [6, 6.07) is 10.4. The highest BCUT2D eigenvalue weighted by molar-refractivity contribution is 6.06. The first-order chi connectivity index (χ1) is 16.9. The molecular weight excluding hydrogens is 449 g/mol. The molecule has 3 aromatic heterocycles. The molecule has 0 aliphatic carbocycles. The standard InChI is InChI=1S/C25H24FN7O2/c1-25(2)18-20(28-15-9-11-35-13-15)29-22(30-21(18)31-24(25)34)19-16-7-5-10-27-23(16)33(32-19)12-14-6-3-4-8-17(14)26/h3-8,10,15H,9,11-13H2,1-2H3,(H2,28,29,30,31,34)/t15-/m1/s1. The van der Waals surface area contributed by atoms with Crippen LogP contribution in [0.25, 0.3) is 22.6 Å². The summed E-state index contributed by atoms with van der Waals surface area (Å²) in [7, 11) is 0. The Morgan fingerprint density at radius 2 is 2.09 bits per heavy atom. The normalized spacial score (nSPS) is 18.6. The van der Waals surface area contributed by atoms with E-state index in [1.807, 2.05) is 26.0 Å². The Kier molecular flexibility index (Phi) is 4.99. The van der Waals surface area contributed by atoms with Gasteiger partial charge in [0.25, 0.3) is 0 Å². The molecule has 0 unspecified atom stereocenters. The van der Waals surface area contributed by atoms with E-state index in [1.165, 1.54) is 6.07 Å². The van der Waals surface area contributed by atoms with Gasteiger partial charge in [-0.25, -0.2) is 24.0 Å². The van der Waals surface area contributed by atoms with Crippen molar-refractivity contribution in [3.05, 3.63) is 59.5 Å². The third kappa shape index (κ3) is 3.61. The van der Waals surface area contributed by atoms with Crippen LogP contribution in [-0.4, -0.2) is 49.9 Å². The lowest BCUT2D eigenvalue weighted by Gasteiger charge is -2.21. The molecule has 2 aliphatic rings. The van der Waals surface area contributed by atoms with Crippen molar-refractivity contribution < 1.29 is 13.9 Å². The zero-order chi connectivity index (χ0) is 24.2. The number of nitrogens with one attached hydrogen (secondary N) is 2. The summed E-state index contributed by atoms with van der Waals surface area (Å²) in [5.74, 6) is 0.962. The van der Waals surface area contributed by atoms with E-state index in [9.17, 15) is 9.18 Å². The van der Waals surface area contributed by atoms with Crippen LogP contribution in [0, 0.1) is 5.82 Å². The van der Waals surface area contributed by atoms with E-state index in [1.54, 1.807) is 29.1 Å². The van der Waals surface area contributed by atoms with Crippen molar-refractivity contribution in [3.63, 3.8) is 0 Å². The molecule has 6 rings (SSSR count). The Bertz CT molecular complexity index is 1460. The Morgan fingerprint density at radius 1 is 1.23 bits per heavy atom. The number of hydrogen-bond acceptors (Lipinski definition) is 7. The topological polar surface area (TPSA) is 107 Å². The molecule has 0 radical (unpaired) electrons. The van der Waals surface area contributed by atoms with Crippen LogP contribution in [0.4, 0.5) is 16.0 Å². The minimum absolute atomic E-state index is 0.0883. The molecule has 178 valence electrons. The number of carbonyl (C=O) groups is 1. The third-order valence-corrected chi connectivity index (χ3v) is 6.60. The van der Waals surface area contributed by atoms with Crippen LogP contribution in [0.1, 0.15) is 31.4 Å². The lowest BCUT2D eigenvalue weighted by Crippen LogP contribution is -2.29. The van der Waals surface area contributed by atoms with Crippen LogP contribution in [0.5, 0.6) is 0 Å². The first-order valence-electron chi connectivity index (χ1n) is 11.6. The van der Waals surface area contributed by atoms with Crippen LogP contribution >= 0.6 is 0 Å². The molecular formula is C25H24FN7O2. The zero-order valence-electron chi connectivity index (χ0n) is 19.4. The minimum atomic E-state index is -0.788. The molecule has 0 spiro atoms. The van der Waals surface area contributed by atoms with E-state index < -0.39 is 5.41 Å². The molecule has 9 nitrogen and oxygen atoms in total. The highest BCUT2D eigenvalue weighted by atomic mass is 19.1. The Balaban J connectivity index is 1.49. The van der Waals surface area contributed by atoms with Gasteiger partial charge in [-0.15, -0.1) is 0 Å². The molecule has 1 saturated heterocycles. The van der Waals surface area contributed by atoms with E-state index in [0.29, 0.717) is 47.6 Å². The van der Waals surface area contributed by atoms with Crippen molar-refractivity contribution in [1.29, 1.82) is 0 Å². The van der Waals surface area contributed by atoms with E-state index in [-0.39, 0.29) is 24.3 Å². The maximum atomic E-state index is 14.4. The Hall–Kier alpha value is -3.92. The summed E-state index contributed by atoms with van der Waals surface area (Å²) in [5, 5.41) is 11.9. The SMILES string of the molecule is CC1(C)C(=O)Nc2nc(-c3nn(Cc4ccccc4F)c4ncccc34)nc(N[C@@H]3CCOC3)c21. The number of hydrogen-bond donors (Lipinski definition) is 2. The van der Waals surface area contributed by atoms with Gasteiger partial charge in [0.1, 0.15) is 23.1 Å². The molecule has 0 bridgehead atoms. The average Bonchev–Trinajstić information content (AvgIpc) is 3.53.